The SMILES string of the molecule is COc1c(F)c(N)c(F)c(C(=O)O)c1OC. The number of halogens is 2. The van der Waals surface area contributed by atoms with E-state index in [0.29, 0.717) is 0 Å². The minimum absolute atomic E-state index is 0.542. The number of nitrogen functional groups attached to an aromatic ring is 1. The largest absolute Gasteiger partial charge is 0.492 e. The summed E-state index contributed by atoms with van der Waals surface area (Å²) < 4.78 is 36.0. The Bertz CT molecular complexity index is 448. The number of hydrogen-bond acceptors (Lipinski definition) is 4. The third-order valence-electron chi connectivity index (χ3n) is 1.95. The molecule has 1 rings (SSSR count). The van der Waals surface area contributed by atoms with Crippen molar-refractivity contribution in [1.29, 1.82) is 0 Å². The molecule has 0 saturated carbocycles. The van der Waals surface area contributed by atoms with E-state index in [1.165, 1.54) is 0 Å². The highest BCUT2D eigenvalue weighted by molar-refractivity contribution is 5.94. The van der Waals surface area contributed by atoms with Crippen molar-refractivity contribution in [2.45, 2.75) is 0 Å². The number of benzene rings is 1. The summed E-state index contributed by atoms with van der Waals surface area (Å²) in [5.74, 6) is -5.29. The van der Waals surface area contributed by atoms with E-state index in [2.05, 4.69) is 9.47 Å². The Kier molecular flexibility index (Phi) is 3.17. The number of ether oxygens (including phenoxy) is 2. The lowest BCUT2D eigenvalue weighted by molar-refractivity contribution is 0.0687. The van der Waals surface area contributed by atoms with Gasteiger partial charge in [0.05, 0.1) is 14.2 Å². The van der Waals surface area contributed by atoms with Crippen molar-refractivity contribution < 1.29 is 28.2 Å². The van der Waals surface area contributed by atoms with Crippen LogP contribution in [0.2, 0.25) is 0 Å². The summed E-state index contributed by atoms with van der Waals surface area (Å²) in [7, 11) is 2.16. The van der Waals surface area contributed by atoms with E-state index in [1.54, 1.807) is 0 Å². The van der Waals surface area contributed by atoms with Crippen molar-refractivity contribution in [3.63, 3.8) is 0 Å². The standard InChI is InChI=1S/C9H9F2NO4/c1-15-7-3(9(13)14)4(10)6(12)5(11)8(7)16-2/h12H2,1-2H3,(H,13,14). The molecule has 0 bridgehead atoms. The number of methoxy groups -OCH3 is 2. The van der Waals surface area contributed by atoms with E-state index >= 15 is 0 Å². The van der Waals surface area contributed by atoms with Gasteiger partial charge in [-0.3, -0.25) is 0 Å². The minimum Gasteiger partial charge on any atom is -0.492 e. The van der Waals surface area contributed by atoms with E-state index in [9.17, 15) is 13.6 Å². The molecular weight excluding hydrogens is 224 g/mol. The van der Waals surface area contributed by atoms with Gasteiger partial charge in [-0.05, 0) is 0 Å². The summed E-state index contributed by atoms with van der Waals surface area (Å²) in [6, 6.07) is 0. The molecule has 0 heterocycles. The van der Waals surface area contributed by atoms with Crippen LogP contribution in [0.5, 0.6) is 11.5 Å². The fourth-order valence-electron chi connectivity index (χ4n) is 1.23. The highest BCUT2D eigenvalue weighted by Crippen LogP contribution is 2.39. The van der Waals surface area contributed by atoms with Crippen molar-refractivity contribution in [1.82, 2.24) is 0 Å². The topological polar surface area (TPSA) is 81.8 Å². The molecule has 88 valence electrons. The first-order valence-corrected chi connectivity index (χ1v) is 4.07. The second-order valence-corrected chi connectivity index (χ2v) is 2.79. The number of anilines is 1. The van der Waals surface area contributed by atoms with Crippen molar-refractivity contribution in [2.75, 3.05) is 20.0 Å². The molecule has 0 fully saturated rings. The van der Waals surface area contributed by atoms with Crippen molar-refractivity contribution in [3.8, 4) is 11.5 Å². The highest BCUT2D eigenvalue weighted by Gasteiger charge is 2.28. The van der Waals surface area contributed by atoms with Gasteiger partial charge in [0.2, 0.25) is 0 Å². The van der Waals surface area contributed by atoms with Crippen LogP contribution in [0.25, 0.3) is 0 Å². The molecule has 0 saturated heterocycles. The van der Waals surface area contributed by atoms with E-state index in [0.717, 1.165) is 14.2 Å². The van der Waals surface area contributed by atoms with Crippen LogP contribution in [0.3, 0.4) is 0 Å². The van der Waals surface area contributed by atoms with Crippen LogP contribution in [-0.2, 0) is 0 Å². The van der Waals surface area contributed by atoms with Crippen LogP contribution in [0.1, 0.15) is 10.4 Å². The third kappa shape index (κ3) is 1.60. The lowest BCUT2D eigenvalue weighted by Crippen LogP contribution is -2.11. The summed E-state index contributed by atoms with van der Waals surface area (Å²) in [5, 5.41) is 8.76. The van der Waals surface area contributed by atoms with E-state index in [4.69, 9.17) is 10.8 Å². The zero-order valence-electron chi connectivity index (χ0n) is 8.51. The van der Waals surface area contributed by atoms with Crippen LogP contribution >= 0.6 is 0 Å². The average molecular weight is 233 g/mol. The molecule has 1 aromatic carbocycles. The van der Waals surface area contributed by atoms with Gasteiger partial charge in [-0.2, -0.15) is 0 Å². The highest BCUT2D eigenvalue weighted by atomic mass is 19.1. The molecule has 1 aromatic rings. The van der Waals surface area contributed by atoms with Gasteiger partial charge < -0.3 is 20.3 Å². The van der Waals surface area contributed by atoms with Gasteiger partial charge in [-0.15, -0.1) is 0 Å². The van der Waals surface area contributed by atoms with Gasteiger partial charge in [0.1, 0.15) is 11.3 Å². The first kappa shape index (κ1) is 12.0. The predicted molar refractivity (Wildman–Crippen MR) is 50.8 cm³/mol. The maximum Gasteiger partial charge on any atom is 0.342 e. The van der Waals surface area contributed by atoms with Crippen molar-refractivity contribution in [2.24, 2.45) is 0 Å². The third-order valence-corrected chi connectivity index (χ3v) is 1.95. The van der Waals surface area contributed by atoms with Gasteiger partial charge in [-0.1, -0.05) is 0 Å². The van der Waals surface area contributed by atoms with Gasteiger partial charge in [0.15, 0.2) is 23.1 Å². The molecule has 0 radical (unpaired) electrons. The molecule has 0 unspecified atom stereocenters. The molecule has 0 spiro atoms. The Morgan fingerprint density at radius 2 is 1.69 bits per heavy atom. The van der Waals surface area contributed by atoms with Crippen LogP contribution in [0.15, 0.2) is 0 Å². The summed E-state index contributed by atoms with van der Waals surface area (Å²) in [6.07, 6.45) is 0. The Labute approximate surface area is 89.4 Å². The molecule has 5 nitrogen and oxygen atoms in total. The molecule has 16 heavy (non-hydrogen) atoms. The van der Waals surface area contributed by atoms with Crippen LogP contribution in [0, 0.1) is 11.6 Å². The number of hydrogen-bond donors (Lipinski definition) is 2. The van der Waals surface area contributed by atoms with Crippen molar-refractivity contribution >= 4 is 11.7 Å². The second-order valence-electron chi connectivity index (χ2n) is 2.79. The summed E-state index contributed by atoms with van der Waals surface area (Å²) in [6.45, 7) is 0. The predicted octanol–water partition coefficient (Wildman–Crippen LogP) is 1.26. The molecule has 0 amide bonds. The number of carboxylic acids is 1. The molecule has 0 aromatic heterocycles. The van der Waals surface area contributed by atoms with E-state index < -0.39 is 40.4 Å². The van der Waals surface area contributed by atoms with E-state index in [1.807, 2.05) is 0 Å². The number of rotatable bonds is 3. The summed E-state index contributed by atoms with van der Waals surface area (Å²) in [4.78, 5) is 10.8. The molecule has 3 N–H and O–H groups in total. The number of nitrogens with two attached hydrogens (primary N) is 1. The maximum atomic E-state index is 13.4. The fourth-order valence-corrected chi connectivity index (χ4v) is 1.23. The molecule has 0 atom stereocenters. The number of carbonyl (C=O) groups is 1. The van der Waals surface area contributed by atoms with Crippen LogP contribution < -0.4 is 15.2 Å². The maximum absolute atomic E-state index is 13.4. The van der Waals surface area contributed by atoms with Gasteiger partial charge in [0, 0.05) is 0 Å². The smallest absolute Gasteiger partial charge is 0.342 e. The average Bonchev–Trinajstić information content (AvgIpc) is 2.24. The summed E-state index contributed by atoms with van der Waals surface area (Å²) in [5.41, 5.74) is 3.29. The molecule has 0 aliphatic carbocycles. The second kappa shape index (κ2) is 4.21. The summed E-state index contributed by atoms with van der Waals surface area (Å²) >= 11 is 0. The van der Waals surface area contributed by atoms with Crippen molar-refractivity contribution in [3.05, 3.63) is 17.2 Å². The Hall–Kier alpha value is -2.05. The minimum atomic E-state index is -1.63. The monoisotopic (exact) mass is 233 g/mol. The van der Waals surface area contributed by atoms with Crippen LogP contribution in [-0.4, -0.2) is 25.3 Å². The van der Waals surface area contributed by atoms with Crippen LogP contribution in [0.4, 0.5) is 14.5 Å². The Morgan fingerprint density at radius 3 is 2.06 bits per heavy atom. The zero-order valence-corrected chi connectivity index (χ0v) is 8.51. The Morgan fingerprint density at radius 1 is 1.19 bits per heavy atom. The molecule has 0 aliphatic rings. The lowest BCUT2D eigenvalue weighted by Gasteiger charge is -2.13. The fraction of sp³-hybridized carbons (Fsp3) is 0.222. The van der Waals surface area contributed by atoms with Gasteiger partial charge >= 0.3 is 5.97 Å². The lowest BCUT2D eigenvalue weighted by atomic mass is 10.1. The molecule has 0 aliphatic heterocycles. The number of carboxylic acid groups (broad SMARTS) is 1. The van der Waals surface area contributed by atoms with Gasteiger partial charge in [0.25, 0.3) is 0 Å². The van der Waals surface area contributed by atoms with Gasteiger partial charge in [-0.25, -0.2) is 13.6 Å². The first-order valence-electron chi connectivity index (χ1n) is 4.07. The number of aromatic carboxylic acids is 1. The van der Waals surface area contributed by atoms with E-state index in [-0.39, 0.29) is 0 Å². The quantitative estimate of drug-likeness (QED) is 0.768. The molecule has 7 heteroatoms. The molecular formula is C9H9F2NO4. The normalized spacial score (nSPS) is 10.0. The zero-order chi connectivity index (χ0) is 12.5. The Balaban J connectivity index is 3.72. The first-order chi connectivity index (χ1) is 7.45.